The molecule has 2 aromatic heterocycles. The van der Waals surface area contributed by atoms with Gasteiger partial charge in [-0.25, -0.2) is 9.97 Å². The second kappa shape index (κ2) is 4.79. The summed E-state index contributed by atoms with van der Waals surface area (Å²) in [4.78, 5) is 21.5. The summed E-state index contributed by atoms with van der Waals surface area (Å²) in [6, 6.07) is 2.97. The van der Waals surface area contributed by atoms with Gasteiger partial charge in [-0.1, -0.05) is 11.6 Å². The average Bonchev–Trinajstić information content (AvgIpc) is 2.88. The van der Waals surface area contributed by atoms with Crippen LogP contribution in [0.5, 0.6) is 0 Å². The number of nitrogens with two attached hydrogens (primary N) is 1. The molecule has 0 fully saturated rings. The lowest BCUT2D eigenvalue weighted by molar-refractivity contribution is 0.102. The summed E-state index contributed by atoms with van der Waals surface area (Å²) in [6.07, 6.45) is 3.20. The standard InChI is InChI=1S/C12H11ClN4OS/c13-9-4-6(5-10(14)16-9)11(18)17-12-15-7-2-1-3-8(7)19-12/h4-5H,1-3H2,(H2,14,16)(H,15,17,18). The van der Waals surface area contributed by atoms with Crippen molar-refractivity contribution in [3.8, 4) is 0 Å². The molecule has 0 unspecified atom stereocenters. The minimum Gasteiger partial charge on any atom is -0.384 e. The van der Waals surface area contributed by atoms with Gasteiger partial charge in [0.25, 0.3) is 5.91 Å². The fourth-order valence-corrected chi connectivity index (χ4v) is 3.32. The van der Waals surface area contributed by atoms with Crippen LogP contribution in [0.15, 0.2) is 12.1 Å². The monoisotopic (exact) mass is 294 g/mol. The highest BCUT2D eigenvalue weighted by molar-refractivity contribution is 7.16. The number of amides is 1. The Bertz CT molecular complexity index is 613. The number of nitrogens with zero attached hydrogens (tertiary/aromatic N) is 2. The van der Waals surface area contributed by atoms with E-state index in [2.05, 4.69) is 15.3 Å². The lowest BCUT2D eigenvalue weighted by Crippen LogP contribution is -2.12. The van der Waals surface area contributed by atoms with Gasteiger partial charge >= 0.3 is 0 Å². The van der Waals surface area contributed by atoms with Crippen molar-refractivity contribution >= 4 is 39.8 Å². The molecule has 0 aliphatic heterocycles. The van der Waals surface area contributed by atoms with E-state index >= 15 is 0 Å². The Kier molecular flexibility index (Phi) is 3.12. The number of thiazole rings is 1. The van der Waals surface area contributed by atoms with E-state index in [0.29, 0.717) is 10.7 Å². The van der Waals surface area contributed by atoms with Gasteiger partial charge in [0.1, 0.15) is 11.0 Å². The maximum absolute atomic E-state index is 12.1. The number of anilines is 2. The van der Waals surface area contributed by atoms with Crippen molar-refractivity contribution in [1.82, 2.24) is 9.97 Å². The highest BCUT2D eigenvalue weighted by Crippen LogP contribution is 2.30. The van der Waals surface area contributed by atoms with Crippen LogP contribution in [0.4, 0.5) is 10.9 Å². The number of hydrogen-bond donors (Lipinski definition) is 2. The van der Waals surface area contributed by atoms with E-state index in [-0.39, 0.29) is 16.9 Å². The number of hydrogen-bond acceptors (Lipinski definition) is 5. The molecule has 0 saturated carbocycles. The molecule has 2 aromatic rings. The lowest BCUT2D eigenvalue weighted by atomic mass is 10.2. The van der Waals surface area contributed by atoms with E-state index in [0.717, 1.165) is 25.0 Å². The van der Waals surface area contributed by atoms with E-state index in [1.165, 1.54) is 28.3 Å². The molecule has 0 saturated heterocycles. The Morgan fingerprint density at radius 2 is 2.21 bits per heavy atom. The smallest absolute Gasteiger partial charge is 0.257 e. The number of aromatic nitrogens is 2. The zero-order valence-electron chi connectivity index (χ0n) is 9.94. The van der Waals surface area contributed by atoms with Gasteiger partial charge in [0.05, 0.1) is 5.69 Å². The van der Waals surface area contributed by atoms with Crippen LogP contribution in [0.2, 0.25) is 5.15 Å². The van der Waals surface area contributed by atoms with Crippen LogP contribution in [0.1, 0.15) is 27.3 Å². The van der Waals surface area contributed by atoms with Crippen LogP contribution < -0.4 is 11.1 Å². The SMILES string of the molecule is Nc1cc(C(=O)Nc2nc3c(s2)CCC3)cc(Cl)n1. The quantitative estimate of drug-likeness (QED) is 0.834. The lowest BCUT2D eigenvalue weighted by Gasteiger charge is -2.03. The van der Waals surface area contributed by atoms with Crippen LogP contribution in [0.25, 0.3) is 0 Å². The van der Waals surface area contributed by atoms with Gasteiger partial charge in [-0.05, 0) is 31.4 Å². The summed E-state index contributed by atoms with van der Waals surface area (Å²) in [5, 5.41) is 3.60. The van der Waals surface area contributed by atoms with E-state index < -0.39 is 0 Å². The predicted octanol–water partition coefficient (Wildman–Crippen LogP) is 2.51. The second-order valence-corrected chi connectivity index (χ2v) is 5.77. The molecule has 3 rings (SSSR count). The summed E-state index contributed by atoms with van der Waals surface area (Å²) in [5.41, 5.74) is 7.05. The molecule has 0 bridgehead atoms. The van der Waals surface area contributed by atoms with Crippen LogP contribution in [0, 0.1) is 0 Å². The van der Waals surface area contributed by atoms with E-state index in [1.54, 1.807) is 0 Å². The summed E-state index contributed by atoms with van der Waals surface area (Å²) in [5.74, 6) is -0.0530. The minimum absolute atomic E-state index is 0.201. The van der Waals surface area contributed by atoms with Gasteiger partial charge in [0, 0.05) is 10.4 Å². The molecule has 0 atom stereocenters. The van der Waals surface area contributed by atoms with Gasteiger partial charge in [-0.2, -0.15) is 0 Å². The van der Waals surface area contributed by atoms with Crippen LogP contribution >= 0.6 is 22.9 Å². The van der Waals surface area contributed by atoms with Crippen molar-refractivity contribution in [2.45, 2.75) is 19.3 Å². The molecular formula is C12H11ClN4OS. The molecule has 1 aliphatic carbocycles. The second-order valence-electron chi connectivity index (χ2n) is 4.30. The number of carbonyl (C=O) groups is 1. The number of aryl methyl sites for hydroxylation is 2. The summed E-state index contributed by atoms with van der Waals surface area (Å²) in [6.45, 7) is 0. The maximum Gasteiger partial charge on any atom is 0.257 e. The highest BCUT2D eigenvalue weighted by atomic mass is 35.5. The van der Waals surface area contributed by atoms with Gasteiger partial charge in [0.15, 0.2) is 5.13 Å². The van der Waals surface area contributed by atoms with E-state index in [1.807, 2.05) is 0 Å². The molecule has 3 N–H and O–H groups in total. The summed E-state index contributed by atoms with van der Waals surface area (Å²) in [7, 11) is 0. The molecule has 7 heteroatoms. The average molecular weight is 295 g/mol. The molecule has 5 nitrogen and oxygen atoms in total. The number of nitrogens with one attached hydrogen (secondary N) is 1. The third-order valence-electron chi connectivity index (χ3n) is 2.89. The molecule has 2 heterocycles. The first-order chi connectivity index (χ1) is 9.11. The third-order valence-corrected chi connectivity index (χ3v) is 4.16. The van der Waals surface area contributed by atoms with Crippen molar-refractivity contribution < 1.29 is 4.79 Å². The Balaban J connectivity index is 1.80. The number of carbonyl (C=O) groups excluding carboxylic acids is 1. The highest BCUT2D eigenvalue weighted by Gasteiger charge is 2.18. The first-order valence-electron chi connectivity index (χ1n) is 5.85. The topological polar surface area (TPSA) is 80.9 Å². The minimum atomic E-state index is -0.275. The van der Waals surface area contributed by atoms with Crippen molar-refractivity contribution in [3.63, 3.8) is 0 Å². The number of pyridine rings is 1. The van der Waals surface area contributed by atoms with Gasteiger partial charge in [0.2, 0.25) is 0 Å². The first-order valence-corrected chi connectivity index (χ1v) is 7.04. The zero-order valence-corrected chi connectivity index (χ0v) is 11.5. The molecular weight excluding hydrogens is 284 g/mol. The van der Waals surface area contributed by atoms with Gasteiger partial charge < -0.3 is 5.73 Å². The molecule has 1 amide bonds. The van der Waals surface area contributed by atoms with Crippen LogP contribution in [0.3, 0.4) is 0 Å². The zero-order chi connectivity index (χ0) is 13.4. The summed E-state index contributed by atoms with van der Waals surface area (Å²) >= 11 is 7.30. The number of nitrogen functional groups attached to an aromatic ring is 1. The molecule has 0 radical (unpaired) electrons. The van der Waals surface area contributed by atoms with Crippen LogP contribution in [-0.4, -0.2) is 15.9 Å². The van der Waals surface area contributed by atoms with Crippen molar-refractivity contribution in [2.24, 2.45) is 0 Å². The van der Waals surface area contributed by atoms with Crippen LogP contribution in [-0.2, 0) is 12.8 Å². The maximum atomic E-state index is 12.1. The molecule has 0 spiro atoms. The Labute approximate surface area is 118 Å². The number of fused-ring (bicyclic) bond motifs is 1. The Morgan fingerprint density at radius 1 is 1.37 bits per heavy atom. The van der Waals surface area contributed by atoms with Gasteiger partial charge in [-0.3, -0.25) is 10.1 Å². The molecule has 0 aromatic carbocycles. The molecule has 98 valence electrons. The normalized spacial score (nSPS) is 13.3. The largest absolute Gasteiger partial charge is 0.384 e. The van der Waals surface area contributed by atoms with E-state index in [9.17, 15) is 4.79 Å². The van der Waals surface area contributed by atoms with Crippen molar-refractivity contribution in [3.05, 3.63) is 33.4 Å². The predicted molar refractivity (Wildman–Crippen MR) is 75.8 cm³/mol. The van der Waals surface area contributed by atoms with Crippen molar-refractivity contribution in [2.75, 3.05) is 11.1 Å². The number of halogens is 1. The molecule has 1 aliphatic rings. The summed E-state index contributed by atoms with van der Waals surface area (Å²) < 4.78 is 0. The molecule has 19 heavy (non-hydrogen) atoms. The first kappa shape index (κ1) is 12.4. The Morgan fingerprint density at radius 3 is 2.95 bits per heavy atom. The fourth-order valence-electron chi connectivity index (χ4n) is 2.06. The number of rotatable bonds is 2. The van der Waals surface area contributed by atoms with E-state index in [4.69, 9.17) is 17.3 Å². The fraction of sp³-hybridized carbons (Fsp3) is 0.250. The van der Waals surface area contributed by atoms with Crippen molar-refractivity contribution in [1.29, 1.82) is 0 Å². The Hall–Kier alpha value is -1.66. The third kappa shape index (κ3) is 2.54. The van der Waals surface area contributed by atoms with Gasteiger partial charge in [-0.15, -0.1) is 11.3 Å².